The Balaban J connectivity index is 2.28. The highest BCUT2D eigenvalue weighted by molar-refractivity contribution is 5.81. The van der Waals surface area contributed by atoms with Gasteiger partial charge in [0.25, 0.3) is 0 Å². The van der Waals surface area contributed by atoms with Crippen molar-refractivity contribution in [3.05, 3.63) is 24.6 Å². The number of amidine groups is 1. The number of aliphatic carboxylic acids is 1. The monoisotopic (exact) mass is 335 g/mol. The lowest BCUT2D eigenvalue weighted by Crippen LogP contribution is -2.60. The van der Waals surface area contributed by atoms with Gasteiger partial charge in [0.05, 0.1) is 12.2 Å². The second-order valence-electron chi connectivity index (χ2n) is 6.61. The average molecular weight is 335 g/mol. The van der Waals surface area contributed by atoms with E-state index in [4.69, 9.17) is 5.73 Å². The Morgan fingerprint density at radius 1 is 1.25 bits per heavy atom. The molecule has 24 heavy (non-hydrogen) atoms. The van der Waals surface area contributed by atoms with Gasteiger partial charge in [-0.3, -0.25) is 5.73 Å². The third kappa shape index (κ3) is 6.57. The second kappa shape index (κ2) is 11.2. The van der Waals surface area contributed by atoms with Crippen LogP contribution in [0.3, 0.4) is 0 Å². The maximum atomic E-state index is 11.1. The van der Waals surface area contributed by atoms with E-state index in [1.54, 1.807) is 12.4 Å². The maximum Gasteiger partial charge on any atom is 0.209 e. The molecule has 1 aliphatic rings. The summed E-state index contributed by atoms with van der Waals surface area (Å²) in [5.41, 5.74) is 6.03. The fourth-order valence-corrected chi connectivity index (χ4v) is 3.05. The maximum absolute atomic E-state index is 11.1. The van der Waals surface area contributed by atoms with E-state index >= 15 is 0 Å². The van der Waals surface area contributed by atoms with Crippen molar-refractivity contribution in [1.82, 2.24) is 0 Å². The fraction of sp³-hybridized carbons (Fsp3) is 0.684. The van der Waals surface area contributed by atoms with Crippen LogP contribution in [0.15, 0.2) is 29.5 Å². The number of carbonyl (C=O) groups excluding carboxylic acids is 1. The number of allylic oxidation sites excluding steroid dienone is 2. The van der Waals surface area contributed by atoms with Crippen molar-refractivity contribution < 1.29 is 14.4 Å². The summed E-state index contributed by atoms with van der Waals surface area (Å²) < 4.78 is 0.0969. The molecule has 5 nitrogen and oxygen atoms in total. The predicted octanol–water partition coefficient (Wildman–Crippen LogP) is 2.83. The van der Waals surface area contributed by atoms with Crippen LogP contribution in [0.2, 0.25) is 0 Å². The van der Waals surface area contributed by atoms with Gasteiger partial charge in [0, 0.05) is 13.3 Å². The van der Waals surface area contributed by atoms with E-state index in [-0.39, 0.29) is 17.2 Å². The normalized spacial score (nSPS) is 21.4. The van der Waals surface area contributed by atoms with Crippen molar-refractivity contribution in [3.8, 4) is 0 Å². The quantitative estimate of drug-likeness (QED) is 0.319. The summed E-state index contributed by atoms with van der Waals surface area (Å²) in [4.78, 5) is 15.4. The molecular formula is C19H33N3O2. The molecule has 0 amide bonds. The van der Waals surface area contributed by atoms with E-state index < -0.39 is 5.97 Å². The number of unbranched alkanes of at least 4 members (excludes halogenated alkanes) is 6. The molecule has 136 valence electrons. The number of hydrogen-bond acceptors (Lipinski definition) is 4. The first-order valence-electron chi connectivity index (χ1n) is 9.25. The van der Waals surface area contributed by atoms with Gasteiger partial charge >= 0.3 is 0 Å². The van der Waals surface area contributed by atoms with Gasteiger partial charge in [0.1, 0.15) is 18.9 Å². The molecule has 0 aliphatic carbocycles. The van der Waals surface area contributed by atoms with E-state index in [1.807, 2.05) is 6.92 Å². The van der Waals surface area contributed by atoms with Gasteiger partial charge in [0.15, 0.2) is 0 Å². The lowest BCUT2D eigenvalue weighted by Gasteiger charge is -2.36. The van der Waals surface area contributed by atoms with E-state index in [0.717, 1.165) is 37.9 Å². The van der Waals surface area contributed by atoms with Crippen LogP contribution in [0.4, 0.5) is 0 Å². The number of nitrogens with two attached hydrogens (primary N) is 1. The molecular weight excluding hydrogens is 302 g/mol. The predicted molar refractivity (Wildman–Crippen MR) is 96.7 cm³/mol. The van der Waals surface area contributed by atoms with Crippen molar-refractivity contribution in [3.63, 3.8) is 0 Å². The molecule has 2 unspecified atom stereocenters. The molecule has 0 fully saturated rings. The number of nitrogens with zero attached hydrogens (tertiary/aromatic N) is 2. The molecule has 0 saturated heterocycles. The molecule has 0 aromatic heterocycles. The van der Waals surface area contributed by atoms with Gasteiger partial charge < -0.3 is 9.90 Å². The molecule has 5 heteroatoms. The van der Waals surface area contributed by atoms with Gasteiger partial charge in [-0.1, -0.05) is 38.3 Å². The minimum Gasteiger partial charge on any atom is -0.544 e. The zero-order valence-corrected chi connectivity index (χ0v) is 15.2. The SMILES string of the molecule is CCCCC/C=C/CCCCCC1=NC=C[N+]1(CC(=O)[O-])C(C)N. The lowest BCUT2D eigenvalue weighted by atomic mass is 10.1. The van der Waals surface area contributed by atoms with Crippen LogP contribution in [0.25, 0.3) is 0 Å². The van der Waals surface area contributed by atoms with Gasteiger partial charge in [-0.15, -0.1) is 0 Å². The molecule has 2 N–H and O–H groups in total. The molecule has 0 spiro atoms. The number of carbonyl (C=O) groups is 1. The van der Waals surface area contributed by atoms with Crippen molar-refractivity contribution in [1.29, 1.82) is 0 Å². The largest absolute Gasteiger partial charge is 0.544 e. The molecule has 1 rings (SSSR count). The highest BCUT2D eigenvalue weighted by atomic mass is 16.4. The number of carboxylic acids is 1. The number of rotatable bonds is 13. The van der Waals surface area contributed by atoms with Crippen LogP contribution in [-0.2, 0) is 4.79 Å². The zero-order chi connectivity index (χ0) is 17.8. The first-order chi connectivity index (χ1) is 11.5. The van der Waals surface area contributed by atoms with Crippen molar-refractivity contribution in [2.24, 2.45) is 10.7 Å². The highest BCUT2D eigenvalue weighted by Gasteiger charge is 2.38. The fourth-order valence-electron chi connectivity index (χ4n) is 3.05. The summed E-state index contributed by atoms with van der Waals surface area (Å²) in [6, 6.07) is 0. The molecule has 0 bridgehead atoms. The van der Waals surface area contributed by atoms with Gasteiger partial charge in [0.2, 0.25) is 5.84 Å². The Kier molecular flexibility index (Phi) is 9.57. The highest BCUT2D eigenvalue weighted by Crippen LogP contribution is 2.23. The number of carboxylic acid groups (broad SMARTS) is 1. The van der Waals surface area contributed by atoms with E-state index in [1.165, 1.54) is 25.7 Å². The van der Waals surface area contributed by atoms with E-state index in [2.05, 4.69) is 24.1 Å². The van der Waals surface area contributed by atoms with Crippen LogP contribution in [0, 0.1) is 0 Å². The summed E-state index contributed by atoms with van der Waals surface area (Å²) in [5.74, 6) is -0.260. The molecule has 0 aromatic carbocycles. The van der Waals surface area contributed by atoms with Crippen LogP contribution in [0.5, 0.6) is 0 Å². The Morgan fingerprint density at radius 2 is 1.92 bits per heavy atom. The third-order valence-corrected chi connectivity index (χ3v) is 4.57. The van der Waals surface area contributed by atoms with Gasteiger partial charge in [-0.25, -0.2) is 9.48 Å². The Hall–Kier alpha value is -1.46. The third-order valence-electron chi connectivity index (χ3n) is 4.57. The minimum absolute atomic E-state index is 0.0969. The average Bonchev–Trinajstić information content (AvgIpc) is 2.92. The van der Waals surface area contributed by atoms with Crippen LogP contribution in [-0.4, -0.2) is 29.0 Å². The molecule has 1 aliphatic heterocycles. The smallest absolute Gasteiger partial charge is 0.209 e. The Bertz CT molecular complexity index is 469. The Labute approximate surface area is 146 Å². The summed E-state index contributed by atoms with van der Waals surface area (Å²) >= 11 is 0. The number of quaternary nitrogens is 1. The first kappa shape index (κ1) is 20.6. The summed E-state index contributed by atoms with van der Waals surface area (Å²) in [5, 5.41) is 11.1. The van der Waals surface area contributed by atoms with Crippen molar-refractivity contribution in [2.75, 3.05) is 6.54 Å². The lowest BCUT2D eigenvalue weighted by molar-refractivity contribution is -0.808. The van der Waals surface area contributed by atoms with Crippen LogP contribution >= 0.6 is 0 Å². The second-order valence-corrected chi connectivity index (χ2v) is 6.61. The molecule has 0 radical (unpaired) electrons. The topological polar surface area (TPSA) is 78.5 Å². The Morgan fingerprint density at radius 3 is 2.50 bits per heavy atom. The summed E-state index contributed by atoms with van der Waals surface area (Å²) in [6.45, 7) is 3.89. The van der Waals surface area contributed by atoms with Gasteiger partial charge in [-0.05, 0) is 32.1 Å². The molecule has 1 heterocycles. The van der Waals surface area contributed by atoms with Gasteiger partial charge in [-0.2, -0.15) is 0 Å². The van der Waals surface area contributed by atoms with E-state index in [9.17, 15) is 9.90 Å². The first-order valence-corrected chi connectivity index (χ1v) is 9.25. The standard InChI is InChI=1S/C19H33N3O2/c1-3-4-5-6-7-8-9-10-11-12-13-18-21-14-15-22(18,17(2)20)16-19(23)24/h7-8,14-15,17H,3-6,9-13,16,20H2,1-2H3/b8-7+. The van der Waals surface area contributed by atoms with Crippen molar-refractivity contribution in [2.45, 2.75) is 77.8 Å². The molecule has 0 aromatic rings. The minimum atomic E-state index is -1.10. The summed E-state index contributed by atoms with van der Waals surface area (Å²) in [7, 11) is 0. The summed E-state index contributed by atoms with van der Waals surface area (Å²) in [6.07, 6.45) is 17.9. The number of hydrogen-bond donors (Lipinski definition) is 1. The molecule has 2 atom stereocenters. The van der Waals surface area contributed by atoms with E-state index in [0.29, 0.717) is 0 Å². The number of aliphatic imine (C=N–C) groups is 1. The van der Waals surface area contributed by atoms with Crippen LogP contribution in [0.1, 0.15) is 71.6 Å². The van der Waals surface area contributed by atoms with Crippen molar-refractivity contribution >= 4 is 11.8 Å². The van der Waals surface area contributed by atoms with Crippen LogP contribution < -0.4 is 10.8 Å². The molecule has 0 saturated carbocycles. The zero-order valence-electron chi connectivity index (χ0n) is 15.2.